The first-order valence-corrected chi connectivity index (χ1v) is 8.15. The Labute approximate surface area is 148 Å². The molecule has 0 radical (unpaired) electrons. The van der Waals surface area contributed by atoms with Gasteiger partial charge in [0.05, 0.1) is 6.54 Å². The molecule has 4 rings (SSSR count). The highest BCUT2D eigenvalue weighted by molar-refractivity contribution is 5.93. The predicted octanol–water partition coefficient (Wildman–Crippen LogP) is 2.77. The van der Waals surface area contributed by atoms with Crippen molar-refractivity contribution in [3.05, 3.63) is 59.9 Å². The highest BCUT2D eigenvalue weighted by atomic mass is 16.5. The third kappa shape index (κ3) is 3.04. The zero-order valence-electron chi connectivity index (χ0n) is 14.0. The van der Waals surface area contributed by atoms with E-state index >= 15 is 0 Å². The minimum absolute atomic E-state index is 0.0882. The van der Waals surface area contributed by atoms with Crippen molar-refractivity contribution in [1.29, 1.82) is 0 Å². The molecule has 0 aliphatic heterocycles. The van der Waals surface area contributed by atoms with Gasteiger partial charge < -0.3 is 14.3 Å². The molecular formula is C18H15N5O3. The second-order valence-corrected chi connectivity index (χ2v) is 5.60. The minimum Gasteiger partial charge on any atom is -0.417 e. The summed E-state index contributed by atoms with van der Waals surface area (Å²) >= 11 is 0. The van der Waals surface area contributed by atoms with Gasteiger partial charge in [-0.1, -0.05) is 36.3 Å². The number of rotatable bonds is 5. The zero-order valence-corrected chi connectivity index (χ0v) is 14.0. The first-order chi connectivity index (χ1) is 12.7. The summed E-state index contributed by atoms with van der Waals surface area (Å²) in [7, 11) is 0. The normalized spacial score (nSPS) is 11.0. The zero-order chi connectivity index (χ0) is 17.9. The maximum Gasteiger partial charge on any atom is 0.273 e. The quantitative estimate of drug-likeness (QED) is 0.590. The third-order valence-corrected chi connectivity index (χ3v) is 3.88. The fraction of sp³-hybridized carbons (Fsp3) is 0.167. The molecule has 0 fully saturated rings. The molecule has 0 atom stereocenters. The van der Waals surface area contributed by atoms with E-state index in [0.29, 0.717) is 23.8 Å². The average Bonchev–Trinajstić information content (AvgIpc) is 3.35. The van der Waals surface area contributed by atoms with Gasteiger partial charge in [0.15, 0.2) is 5.69 Å². The van der Waals surface area contributed by atoms with E-state index in [2.05, 4.69) is 25.7 Å². The van der Waals surface area contributed by atoms with Gasteiger partial charge in [0.2, 0.25) is 5.89 Å². The van der Waals surface area contributed by atoms with Crippen LogP contribution in [0.3, 0.4) is 0 Å². The topological polar surface area (TPSA) is 107 Å². The summed E-state index contributed by atoms with van der Waals surface area (Å²) < 4.78 is 10.7. The smallest absolute Gasteiger partial charge is 0.273 e. The summed E-state index contributed by atoms with van der Waals surface area (Å²) in [6.07, 6.45) is 2.37. The number of carbonyl (C=O) groups is 1. The lowest BCUT2D eigenvalue weighted by molar-refractivity contribution is 0.0938. The van der Waals surface area contributed by atoms with Crippen molar-refractivity contribution in [1.82, 2.24) is 25.7 Å². The van der Waals surface area contributed by atoms with Crippen LogP contribution in [0, 0.1) is 0 Å². The first-order valence-electron chi connectivity index (χ1n) is 8.15. The highest BCUT2D eigenvalue weighted by Gasteiger charge is 2.15. The molecule has 4 aromatic rings. The Balaban J connectivity index is 1.50. The van der Waals surface area contributed by atoms with E-state index in [-0.39, 0.29) is 24.0 Å². The second-order valence-electron chi connectivity index (χ2n) is 5.60. The molecule has 0 aliphatic carbocycles. The number of carbonyl (C=O) groups excluding carboxylic acids is 1. The van der Waals surface area contributed by atoms with Gasteiger partial charge in [0.25, 0.3) is 11.8 Å². The molecule has 26 heavy (non-hydrogen) atoms. The predicted molar refractivity (Wildman–Crippen MR) is 92.1 cm³/mol. The molecule has 3 heterocycles. The summed E-state index contributed by atoms with van der Waals surface area (Å²) in [6, 6.07) is 11.3. The van der Waals surface area contributed by atoms with Crippen molar-refractivity contribution < 1.29 is 13.7 Å². The van der Waals surface area contributed by atoms with Crippen LogP contribution in [0.4, 0.5) is 0 Å². The Bertz CT molecular complexity index is 1060. The van der Waals surface area contributed by atoms with Crippen molar-refractivity contribution in [2.45, 2.75) is 19.9 Å². The van der Waals surface area contributed by atoms with Crippen molar-refractivity contribution in [3.8, 4) is 11.6 Å². The SMILES string of the molecule is CCc1cc(C(=O)NCc2nnc(-c3nccc4ccccc34)o2)no1. The van der Waals surface area contributed by atoms with Crippen LogP contribution < -0.4 is 5.32 Å². The summed E-state index contributed by atoms with van der Waals surface area (Å²) in [5, 5.41) is 16.4. The van der Waals surface area contributed by atoms with Gasteiger partial charge in [-0.15, -0.1) is 10.2 Å². The fourth-order valence-corrected chi connectivity index (χ4v) is 2.54. The van der Waals surface area contributed by atoms with Crippen LogP contribution in [0.1, 0.15) is 29.1 Å². The molecule has 1 aromatic carbocycles. The van der Waals surface area contributed by atoms with Gasteiger partial charge in [-0.25, -0.2) is 0 Å². The van der Waals surface area contributed by atoms with Crippen molar-refractivity contribution in [2.24, 2.45) is 0 Å². The first kappa shape index (κ1) is 15.9. The number of aryl methyl sites for hydroxylation is 1. The van der Waals surface area contributed by atoms with E-state index in [9.17, 15) is 4.79 Å². The maximum atomic E-state index is 12.1. The number of hydrogen-bond donors (Lipinski definition) is 1. The van der Waals surface area contributed by atoms with Crippen molar-refractivity contribution >= 4 is 16.7 Å². The van der Waals surface area contributed by atoms with E-state index in [1.165, 1.54) is 0 Å². The molecule has 0 aliphatic rings. The number of nitrogens with zero attached hydrogens (tertiary/aromatic N) is 4. The molecular weight excluding hydrogens is 334 g/mol. The van der Waals surface area contributed by atoms with Gasteiger partial charge >= 0.3 is 0 Å². The molecule has 8 nitrogen and oxygen atoms in total. The Morgan fingerprint density at radius 1 is 1.19 bits per heavy atom. The molecule has 1 amide bonds. The number of amides is 1. The number of pyridine rings is 1. The minimum atomic E-state index is -0.364. The Morgan fingerprint density at radius 2 is 2.08 bits per heavy atom. The lowest BCUT2D eigenvalue weighted by Crippen LogP contribution is -2.23. The summed E-state index contributed by atoms with van der Waals surface area (Å²) in [5.41, 5.74) is 0.828. The Hall–Kier alpha value is -3.55. The summed E-state index contributed by atoms with van der Waals surface area (Å²) in [6.45, 7) is 2.01. The summed E-state index contributed by atoms with van der Waals surface area (Å²) in [4.78, 5) is 16.4. The number of nitrogens with one attached hydrogen (secondary N) is 1. The van der Waals surface area contributed by atoms with Crippen molar-refractivity contribution in [3.63, 3.8) is 0 Å². The number of hydrogen-bond acceptors (Lipinski definition) is 7. The van der Waals surface area contributed by atoms with Crippen LogP contribution in [0.2, 0.25) is 0 Å². The molecule has 0 unspecified atom stereocenters. The Kier molecular flexibility index (Phi) is 4.14. The van der Waals surface area contributed by atoms with Crippen LogP contribution in [0.25, 0.3) is 22.4 Å². The standard InChI is InChI=1S/C18H15N5O3/c1-2-12-9-14(23-26-12)17(24)20-10-15-21-22-18(25-15)16-13-6-4-3-5-11(13)7-8-19-16/h3-9H,2,10H2,1H3,(H,20,24). The molecule has 3 aromatic heterocycles. The lowest BCUT2D eigenvalue weighted by atomic mass is 10.1. The van der Waals surface area contributed by atoms with Crippen LogP contribution in [0.5, 0.6) is 0 Å². The van der Waals surface area contributed by atoms with Crippen LogP contribution in [0.15, 0.2) is 51.5 Å². The van der Waals surface area contributed by atoms with Gasteiger partial charge in [0.1, 0.15) is 11.5 Å². The second kappa shape index (κ2) is 6.75. The average molecular weight is 349 g/mol. The number of fused-ring (bicyclic) bond motifs is 1. The van der Waals surface area contributed by atoms with Crippen LogP contribution >= 0.6 is 0 Å². The van der Waals surface area contributed by atoms with Crippen LogP contribution in [-0.2, 0) is 13.0 Å². The largest absolute Gasteiger partial charge is 0.417 e. The lowest BCUT2D eigenvalue weighted by Gasteiger charge is -2.01. The van der Waals surface area contributed by atoms with Gasteiger partial charge in [-0.3, -0.25) is 9.78 Å². The van der Waals surface area contributed by atoms with E-state index in [4.69, 9.17) is 8.94 Å². The van der Waals surface area contributed by atoms with E-state index in [1.54, 1.807) is 12.3 Å². The van der Waals surface area contributed by atoms with Gasteiger partial charge in [-0.05, 0) is 11.5 Å². The maximum absolute atomic E-state index is 12.1. The van der Waals surface area contributed by atoms with Crippen molar-refractivity contribution in [2.75, 3.05) is 0 Å². The molecule has 0 bridgehead atoms. The van der Waals surface area contributed by atoms with E-state index in [1.807, 2.05) is 37.3 Å². The molecule has 0 saturated heterocycles. The summed E-state index contributed by atoms with van der Waals surface area (Å²) in [5.74, 6) is 0.872. The fourth-order valence-electron chi connectivity index (χ4n) is 2.54. The Morgan fingerprint density at radius 3 is 2.92 bits per heavy atom. The monoisotopic (exact) mass is 349 g/mol. The van der Waals surface area contributed by atoms with Gasteiger partial charge in [0, 0.05) is 24.1 Å². The van der Waals surface area contributed by atoms with Gasteiger partial charge in [-0.2, -0.15) is 0 Å². The molecule has 0 saturated carbocycles. The molecule has 0 spiro atoms. The molecule has 130 valence electrons. The highest BCUT2D eigenvalue weighted by Crippen LogP contribution is 2.25. The van der Waals surface area contributed by atoms with E-state index in [0.717, 1.165) is 10.8 Å². The number of benzene rings is 1. The number of aromatic nitrogens is 4. The van der Waals surface area contributed by atoms with Crippen LogP contribution in [-0.4, -0.2) is 26.2 Å². The molecule has 1 N–H and O–H groups in total. The molecule has 8 heteroatoms. The van der Waals surface area contributed by atoms with E-state index < -0.39 is 0 Å². The third-order valence-electron chi connectivity index (χ3n) is 3.88.